The van der Waals surface area contributed by atoms with Gasteiger partial charge in [0.15, 0.2) is 5.65 Å². The molecule has 5 N–H and O–H groups in total. The third kappa shape index (κ3) is 13.9. The van der Waals surface area contributed by atoms with E-state index in [0.29, 0.717) is 42.6 Å². The smallest absolute Gasteiger partial charge is 0.246 e. The number of unbranched alkanes of at least 4 members (excludes halogenated alkanes) is 4. The van der Waals surface area contributed by atoms with Crippen molar-refractivity contribution >= 4 is 75.1 Å². The summed E-state index contributed by atoms with van der Waals surface area (Å²) >= 11 is 1.59. The molecular formula is C59H75N13O5S. The minimum Gasteiger partial charge on any atom is -0.391 e. The molecule has 0 spiro atoms. The van der Waals surface area contributed by atoms with E-state index in [1.54, 1.807) is 17.5 Å². The lowest BCUT2D eigenvalue weighted by atomic mass is 9.85. The van der Waals surface area contributed by atoms with Crippen molar-refractivity contribution in [2.45, 2.75) is 116 Å². The fourth-order valence-electron chi connectivity index (χ4n) is 10.8. The van der Waals surface area contributed by atoms with Gasteiger partial charge in [0.1, 0.15) is 17.6 Å². The molecule has 19 heteroatoms. The molecular weight excluding hydrogens is 1000 g/mol. The number of imidazole rings is 1. The van der Waals surface area contributed by atoms with E-state index >= 15 is 0 Å². The van der Waals surface area contributed by atoms with Gasteiger partial charge >= 0.3 is 0 Å². The van der Waals surface area contributed by atoms with Gasteiger partial charge in [-0.25, -0.2) is 15.0 Å². The molecule has 3 aliphatic heterocycles. The number of thiazole rings is 1. The maximum Gasteiger partial charge on any atom is 0.246 e. The first-order chi connectivity index (χ1) is 37.7. The van der Waals surface area contributed by atoms with Crippen LogP contribution in [0.1, 0.15) is 95.9 Å². The molecule has 6 aromatic rings. The number of hydrogen-bond donors (Lipinski definition) is 5. The number of fused-ring (bicyclic) bond motifs is 1. The molecule has 3 aliphatic rings. The van der Waals surface area contributed by atoms with Crippen molar-refractivity contribution in [1.29, 1.82) is 0 Å². The number of carbonyl (C=O) groups is 4. The van der Waals surface area contributed by atoms with Crippen molar-refractivity contribution in [1.82, 2.24) is 49.8 Å². The average Bonchev–Trinajstić information content (AvgIpc) is 4.24. The summed E-state index contributed by atoms with van der Waals surface area (Å²) in [5.41, 5.74) is 8.49. The lowest BCUT2D eigenvalue weighted by Gasteiger charge is -2.36. The number of likely N-dealkylation sites (tertiary alicyclic amines) is 2. The summed E-state index contributed by atoms with van der Waals surface area (Å²) < 4.78 is 2.11. The number of amides is 4. The van der Waals surface area contributed by atoms with Crippen molar-refractivity contribution in [3.05, 3.63) is 114 Å². The van der Waals surface area contributed by atoms with Crippen LogP contribution in [0.4, 0.5) is 29.0 Å². The summed E-state index contributed by atoms with van der Waals surface area (Å²) in [6, 6.07) is 24.6. The summed E-state index contributed by atoms with van der Waals surface area (Å²) in [6.07, 6.45) is 9.34. The summed E-state index contributed by atoms with van der Waals surface area (Å²) in [7, 11) is 0. The SMILES string of the molecule is C=CC(=O)N1CCC[C@H](n2c(Nc3ccccc3)nc3cnc(Nc4ccc(N5CCN(CCCCCCCC(=O)N[C@H](C(=O)N6C[C@H](O)C[C@H]6C(=O)NCc6ccc(-c7scnc7C)cc6)C(C)(C)C)CC5)cc4)nc32)C1. The van der Waals surface area contributed by atoms with E-state index in [9.17, 15) is 24.3 Å². The Balaban J connectivity index is 0.684. The first kappa shape index (κ1) is 55.5. The van der Waals surface area contributed by atoms with Crippen LogP contribution in [0.5, 0.6) is 0 Å². The highest BCUT2D eigenvalue weighted by atomic mass is 32.1. The van der Waals surface area contributed by atoms with Gasteiger partial charge in [-0.15, -0.1) is 11.3 Å². The van der Waals surface area contributed by atoms with Gasteiger partial charge in [-0.3, -0.25) is 28.6 Å². The number of benzene rings is 3. The second kappa shape index (κ2) is 25.5. The van der Waals surface area contributed by atoms with Crippen molar-refractivity contribution in [2.75, 3.05) is 67.9 Å². The van der Waals surface area contributed by atoms with Crippen LogP contribution in [0.2, 0.25) is 0 Å². The first-order valence-corrected chi connectivity index (χ1v) is 28.5. The molecule has 6 heterocycles. The molecule has 3 aromatic carbocycles. The van der Waals surface area contributed by atoms with Crippen LogP contribution in [0.25, 0.3) is 21.6 Å². The highest BCUT2D eigenvalue weighted by molar-refractivity contribution is 7.13. The van der Waals surface area contributed by atoms with Crippen LogP contribution in [0.15, 0.2) is 103 Å². The average molecular weight is 1080 g/mol. The number of rotatable bonds is 21. The normalized spacial score (nSPS) is 18.4. The van der Waals surface area contributed by atoms with Crippen LogP contribution in [-0.2, 0) is 25.7 Å². The van der Waals surface area contributed by atoms with Crippen molar-refractivity contribution in [3.8, 4) is 10.4 Å². The number of aliphatic hydroxyl groups excluding tert-OH is 1. The highest BCUT2D eigenvalue weighted by Gasteiger charge is 2.44. The summed E-state index contributed by atoms with van der Waals surface area (Å²) in [5.74, 6) is 0.181. The van der Waals surface area contributed by atoms with E-state index in [2.05, 4.69) is 76.4 Å². The molecule has 0 unspecified atom stereocenters. The van der Waals surface area contributed by atoms with Gasteiger partial charge in [0.05, 0.1) is 34.4 Å². The molecule has 0 aliphatic carbocycles. The zero-order valence-corrected chi connectivity index (χ0v) is 46.3. The van der Waals surface area contributed by atoms with E-state index in [4.69, 9.17) is 9.97 Å². The lowest BCUT2D eigenvalue weighted by Crippen LogP contribution is -2.57. The van der Waals surface area contributed by atoms with Crippen LogP contribution >= 0.6 is 11.3 Å². The molecule has 3 aromatic heterocycles. The first-order valence-electron chi connectivity index (χ1n) is 27.6. The lowest BCUT2D eigenvalue weighted by molar-refractivity contribution is -0.144. The van der Waals surface area contributed by atoms with Crippen LogP contribution in [-0.4, -0.2) is 138 Å². The molecule has 4 amide bonds. The minimum absolute atomic E-state index is 0.0347. The Morgan fingerprint density at radius 1 is 0.846 bits per heavy atom. The number of piperidine rings is 1. The van der Waals surface area contributed by atoms with Gasteiger partial charge in [-0.05, 0) is 98.2 Å². The van der Waals surface area contributed by atoms with E-state index in [1.807, 2.05) is 92.7 Å². The molecule has 78 heavy (non-hydrogen) atoms. The molecule has 3 saturated heterocycles. The number of carbonyl (C=O) groups excluding carboxylic acids is 4. The van der Waals surface area contributed by atoms with Crippen molar-refractivity contribution in [2.24, 2.45) is 5.41 Å². The molecule has 0 radical (unpaired) electrons. The quantitative estimate of drug-likeness (QED) is 0.0340. The standard InChI is InChI=1S/C59H75N13O5S/c1-6-51(75)70-29-15-18-46(37-70)72-54-48(65-58(72)64-43-16-11-10-12-17-43)36-61-57(67-54)63-44-24-26-45(27-25-44)69-32-30-68(31-33-69)28-14-9-7-8-13-19-50(74)66-53(59(3,4)5)56(77)71-38-47(73)34-49(71)55(76)60-35-41-20-22-42(23-21-41)52-40(2)62-39-78-52/h6,10-12,16-17,20-27,36,39,46-47,49,53,73H,1,7-9,13-15,18-19,28-35,37-38H2,2-5H3,(H,60,76)(H,64,65)(H,66,74)(H,61,63,67)/t46-,47+,49-,53+/m0/s1. The number of nitrogens with one attached hydrogen (secondary N) is 4. The summed E-state index contributed by atoms with van der Waals surface area (Å²) in [6.45, 7) is 17.9. The fourth-order valence-corrected chi connectivity index (χ4v) is 11.6. The largest absolute Gasteiger partial charge is 0.391 e. The van der Waals surface area contributed by atoms with E-state index < -0.39 is 23.6 Å². The number of para-hydroxylation sites is 1. The highest BCUT2D eigenvalue weighted by Crippen LogP contribution is 2.33. The Morgan fingerprint density at radius 3 is 2.29 bits per heavy atom. The Hall–Kier alpha value is -7.22. The Morgan fingerprint density at radius 2 is 1.58 bits per heavy atom. The van der Waals surface area contributed by atoms with E-state index in [-0.39, 0.29) is 49.2 Å². The number of hydrogen-bond acceptors (Lipinski definition) is 14. The number of anilines is 5. The Bertz CT molecular complexity index is 3010. The Labute approximate surface area is 461 Å². The molecule has 3 fully saturated rings. The van der Waals surface area contributed by atoms with Gasteiger partial charge in [-0.1, -0.05) is 89.1 Å². The summed E-state index contributed by atoms with van der Waals surface area (Å²) in [4.78, 5) is 81.8. The van der Waals surface area contributed by atoms with Crippen molar-refractivity contribution in [3.63, 3.8) is 0 Å². The number of nitrogens with zero attached hydrogens (tertiary/aromatic N) is 9. The monoisotopic (exact) mass is 1080 g/mol. The second-order valence-electron chi connectivity index (χ2n) is 21.9. The van der Waals surface area contributed by atoms with E-state index in [1.165, 1.54) is 16.7 Å². The number of aryl methyl sites for hydroxylation is 1. The van der Waals surface area contributed by atoms with Gasteiger partial charge in [-0.2, -0.15) is 4.98 Å². The maximum absolute atomic E-state index is 14.1. The van der Waals surface area contributed by atoms with Gasteiger partial charge in [0, 0.05) is 82.3 Å². The molecule has 412 valence electrons. The topological polar surface area (TPSA) is 206 Å². The number of aromatic nitrogens is 5. The Kier molecular flexibility index (Phi) is 18.2. The third-order valence-electron chi connectivity index (χ3n) is 15.2. The van der Waals surface area contributed by atoms with Crippen LogP contribution in [0.3, 0.4) is 0 Å². The van der Waals surface area contributed by atoms with Gasteiger partial charge in [0.25, 0.3) is 0 Å². The molecule has 9 rings (SSSR count). The predicted octanol–water partition coefficient (Wildman–Crippen LogP) is 8.37. The zero-order chi connectivity index (χ0) is 54.8. The van der Waals surface area contributed by atoms with Crippen molar-refractivity contribution < 1.29 is 24.3 Å². The molecule has 0 bridgehead atoms. The zero-order valence-electron chi connectivity index (χ0n) is 45.5. The molecule has 0 saturated carbocycles. The van der Waals surface area contributed by atoms with Gasteiger partial charge < -0.3 is 41.1 Å². The number of aliphatic hydroxyl groups is 1. The molecule has 18 nitrogen and oxygen atoms in total. The second-order valence-corrected chi connectivity index (χ2v) is 22.8. The van der Waals surface area contributed by atoms with Crippen LogP contribution in [0, 0.1) is 12.3 Å². The summed E-state index contributed by atoms with van der Waals surface area (Å²) in [5, 5.41) is 23.5. The number of β-amino-alcohol motifs (C(OH)–C–C–N with tert-alkyl or cyclic N) is 1. The van der Waals surface area contributed by atoms with E-state index in [0.717, 1.165) is 111 Å². The molecule has 4 atom stereocenters. The number of piperazine rings is 1. The fraction of sp³-hybridized carbons (Fsp3) is 0.458. The van der Waals surface area contributed by atoms with Gasteiger partial charge in [0.2, 0.25) is 35.5 Å². The van der Waals surface area contributed by atoms with Crippen LogP contribution < -0.4 is 26.2 Å². The predicted molar refractivity (Wildman–Crippen MR) is 308 cm³/mol. The third-order valence-corrected chi connectivity index (χ3v) is 16.1. The minimum atomic E-state index is -0.847. The maximum atomic E-state index is 14.1.